The van der Waals surface area contributed by atoms with Gasteiger partial charge in [-0.15, -0.1) is 0 Å². The molecule has 1 nitrogen and oxygen atoms in total. The van der Waals surface area contributed by atoms with Gasteiger partial charge in [0.1, 0.15) is 0 Å². The van der Waals surface area contributed by atoms with Gasteiger partial charge in [0.15, 0.2) is 0 Å². The van der Waals surface area contributed by atoms with Gasteiger partial charge in [0.2, 0.25) is 0 Å². The molecule has 2 atom stereocenters. The zero-order valence-corrected chi connectivity index (χ0v) is 31.0. The predicted molar refractivity (Wildman–Crippen MR) is 231 cm³/mol. The van der Waals surface area contributed by atoms with Crippen LogP contribution in [0.15, 0.2) is 200 Å². The van der Waals surface area contributed by atoms with Crippen molar-refractivity contribution in [2.24, 2.45) is 0 Å². The van der Waals surface area contributed by atoms with E-state index in [1.807, 2.05) is 0 Å². The minimum absolute atomic E-state index is 0.303. The molecule has 0 bridgehead atoms. The van der Waals surface area contributed by atoms with Crippen LogP contribution in [-0.2, 0) is 10.8 Å². The summed E-state index contributed by atoms with van der Waals surface area (Å²) in [6, 6.07) is 74.5. The van der Waals surface area contributed by atoms with Crippen LogP contribution in [0.3, 0.4) is 0 Å². The molecule has 260 valence electrons. The first kappa shape index (κ1) is 31.8. The molecular weight excluding hydrogens is 663 g/mol. The van der Waals surface area contributed by atoms with Crippen molar-refractivity contribution in [3.8, 4) is 22.3 Å². The van der Waals surface area contributed by atoms with Crippen LogP contribution in [0, 0.1) is 0 Å². The third-order valence-electron chi connectivity index (χ3n) is 12.8. The lowest BCUT2D eigenvalue weighted by Gasteiger charge is -2.32. The molecule has 55 heavy (non-hydrogen) atoms. The van der Waals surface area contributed by atoms with Crippen molar-refractivity contribution in [1.29, 1.82) is 0 Å². The van der Waals surface area contributed by atoms with Crippen LogP contribution in [0.4, 0.5) is 17.1 Å². The zero-order valence-electron chi connectivity index (χ0n) is 31.0. The van der Waals surface area contributed by atoms with E-state index in [1.54, 1.807) is 0 Å². The van der Waals surface area contributed by atoms with Gasteiger partial charge in [-0.05, 0) is 116 Å². The van der Waals surface area contributed by atoms with E-state index in [9.17, 15) is 0 Å². The number of hydrogen-bond donors (Lipinski definition) is 0. The topological polar surface area (TPSA) is 3.24 Å². The Bertz CT molecular complexity index is 2960. The zero-order chi connectivity index (χ0) is 36.7. The van der Waals surface area contributed by atoms with E-state index in [-0.39, 0.29) is 10.8 Å². The second kappa shape index (κ2) is 11.9. The lowest BCUT2D eigenvalue weighted by Crippen LogP contribution is -2.23. The fourth-order valence-electron chi connectivity index (χ4n) is 10.1. The minimum atomic E-state index is -0.311. The predicted octanol–water partition coefficient (Wildman–Crippen LogP) is 14.1. The minimum Gasteiger partial charge on any atom is -0.310 e. The van der Waals surface area contributed by atoms with Crippen LogP contribution >= 0.6 is 0 Å². The Balaban J connectivity index is 1.20. The lowest BCUT2D eigenvalue weighted by molar-refractivity contribution is 0.713. The monoisotopic (exact) mass is 701 g/mol. The van der Waals surface area contributed by atoms with Crippen molar-refractivity contribution in [2.75, 3.05) is 4.90 Å². The summed E-state index contributed by atoms with van der Waals surface area (Å²) in [5.74, 6) is 0. The molecule has 9 aromatic rings. The molecule has 0 saturated carbocycles. The van der Waals surface area contributed by atoms with Crippen molar-refractivity contribution in [3.63, 3.8) is 0 Å². The third kappa shape index (κ3) is 4.47. The molecule has 0 saturated heterocycles. The summed E-state index contributed by atoms with van der Waals surface area (Å²) >= 11 is 0. The summed E-state index contributed by atoms with van der Waals surface area (Å²) in [5, 5.41) is 5.03. The van der Waals surface area contributed by atoms with E-state index in [2.05, 4.69) is 219 Å². The first-order valence-corrected chi connectivity index (χ1v) is 19.4. The van der Waals surface area contributed by atoms with Gasteiger partial charge in [-0.2, -0.15) is 0 Å². The molecule has 0 radical (unpaired) electrons. The molecular formula is C54H39N. The first-order valence-electron chi connectivity index (χ1n) is 19.4. The first-order chi connectivity index (χ1) is 27.0. The van der Waals surface area contributed by atoms with Crippen LogP contribution in [0.5, 0.6) is 0 Å². The highest BCUT2D eigenvalue weighted by Gasteiger charge is 2.44. The molecule has 0 aliphatic heterocycles. The normalized spacial score (nSPS) is 17.8. The summed E-state index contributed by atoms with van der Waals surface area (Å²) in [4.78, 5) is 2.52. The van der Waals surface area contributed by atoms with Gasteiger partial charge in [-0.25, -0.2) is 0 Å². The largest absolute Gasteiger partial charge is 0.310 e. The number of benzene rings is 9. The fraction of sp³-hybridized carbons (Fsp3) is 0.0741. The molecule has 0 N–H and O–H groups in total. The van der Waals surface area contributed by atoms with Crippen LogP contribution in [-0.4, -0.2) is 0 Å². The summed E-state index contributed by atoms with van der Waals surface area (Å²) in [5.41, 5.74) is 16.0. The van der Waals surface area contributed by atoms with E-state index in [0.29, 0.717) is 0 Å². The number of anilines is 3. The van der Waals surface area contributed by atoms with Crippen LogP contribution in [0.1, 0.15) is 47.2 Å². The van der Waals surface area contributed by atoms with Crippen LogP contribution < -0.4 is 4.90 Å². The molecule has 2 unspecified atom stereocenters. The molecule has 0 aromatic heterocycles. The van der Waals surface area contributed by atoms with E-state index in [0.717, 1.165) is 11.4 Å². The van der Waals surface area contributed by atoms with E-state index in [4.69, 9.17) is 0 Å². The summed E-state index contributed by atoms with van der Waals surface area (Å²) in [6.07, 6.45) is 0. The van der Waals surface area contributed by atoms with E-state index < -0.39 is 0 Å². The highest BCUT2D eigenvalue weighted by molar-refractivity contribution is 6.09. The maximum atomic E-state index is 2.52. The van der Waals surface area contributed by atoms with E-state index >= 15 is 0 Å². The van der Waals surface area contributed by atoms with Gasteiger partial charge in [-0.3, -0.25) is 0 Å². The van der Waals surface area contributed by atoms with E-state index in [1.165, 1.54) is 82.9 Å². The highest BCUT2D eigenvalue weighted by Crippen LogP contribution is 2.58. The summed E-state index contributed by atoms with van der Waals surface area (Å²) in [7, 11) is 0. The van der Waals surface area contributed by atoms with Gasteiger partial charge in [-0.1, -0.05) is 170 Å². The van der Waals surface area contributed by atoms with Crippen molar-refractivity contribution in [1.82, 2.24) is 0 Å². The average molecular weight is 702 g/mol. The summed E-state index contributed by atoms with van der Waals surface area (Å²) in [6.45, 7) is 4.81. The molecule has 11 rings (SSSR count). The number of hydrogen-bond acceptors (Lipinski definition) is 1. The quantitative estimate of drug-likeness (QED) is 0.162. The third-order valence-corrected chi connectivity index (χ3v) is 12.8. The number of fused-ring (bicyclic) bond motifs is 9. The average Bonchev–Trinajstić information content (AvgIpc) is 3.68. The van der Waals surface area contributed by atoms with Crippen molar-refractivity contribution < 1.29 is 0 Å². The van der Waals surface area contributed by atoms with Crippen molar-refractivity contribution in [3.05, 3.63) is 234 Å². The van der Waals surface area contributed by atoms with Gasteiger partial charge in [0, 0.05) is 27.8 Å². The Morgan fingerprint density at radius 1 is 0.345 bits per heavy atom. The Morgan fingerprint density at radius 2 is 0.873 bits per heavy atom. The van der Waals surface area contributed by atoms with Crippen LogP contribution in [0.2, 0.25) is 0 Å². The molecule has 2 aliphatic rings. The Morgan fingerprint density at radius 3 is 1.64 bits per heavy atom. The molecule has 9 aromatic carbocycles. The standard InChI is InChI=1S/C54H39N/c1-53(38-17-5-3-6-18-38)48-25-14-12-23-46(48)52-49(53)26-15-27-51(52)55(40-30-32-43-37(34-40)29-28-36-16-9-10-21-42(36)43)41-31-33-45-44-22-11-13-24-47(44)54(2,50(45)35-41)39-19-7-4-8-20-39/h3-35H,1-2H3. The smallest absolute Gasteiger partial charge is 0.0543 e. The molecule has 0 amide bonds. The van der Waals surface area contributed by atoms with Crippen LogP contribution in [0.25, 0.3) is 43.8 Å². The molecule has 2 aliphatic carbocycles. The highest BCUT2D eigenvalue weighted by atomic mass is 15.1. The van der Waals surface area contributed by atoms with Crippen molar-refractivity contribution >= 4 is 38.6 Å². The molecule has 0 spiro atoms. The van der Waals surface area contributed by atoms with Gasteiger partial charge in [0.05, 0.1) is 5.69 Å². The summed E-state index contributed by atoms with van der Waals surface area (Å²) < 4.78 is 0. The maximum Gasteiger partial charge on any atom is 0.0543 e. The Kier molecular flexibility index (Phi) is 6.88. The van der Waals surface area contributed by atoms with Gasteiger partial charge >= 0.3 is 0 Å². The molecule has 0 fully saturated rings. The molecule has 1 heteroatoms. The number of nitrogens with zero attached hydrogens (tertiary/aromatic N) is 1. The van der Waals surface area contributed by atoms with Gasteiger partial charge in [0.25, 0.3) is 0 Å². The Hall–Kier alpha value is -6.70. The number of rotatable bonds is 5. The molecule has 0 heterocycles. The Labute approximate surface area is 322 Å². The van der Waals surface area contributed by atoms with Crippen molar-refractivity contribution in [2.45, 2.75) is 24.7 Å². The maximum absolute atomic E-state index is 2.52. The lowest BCUT2D eigenvalue weighted by atomic mass is 9.74. The second-order valence-electron chi connectivity index (χ2n) is 15.5. The van der Waals surface area contributed by atoms with Gasteiger partial charge < -0.3 is 4.90 Å². The SMILES string of the molecule is CC1(c2ccccc2)c2ccccc2-c2ccc(N(c3ccc4c(ccc5ccccc54)c3)c3cccc4c3-c3ccccc3C4(C)c3ccccc3)cc21. The second-order valence-corrected chi connectivity index (χ2v) is 15.5. The fourth-order valence-corrected chi connectivity index (χ4v) is 10.1.